The topological polar surface area (TPSA) is 102 Å². The summed E-state index contributed by atoms with van der Waals surface area (Å²) in [6, 6.07) is 19.3. The van der Waals surface area contributed by atoms with Crippen molar-refractivity contribution >= 4 is 18.0 Å². The highest BCUT2D eigenvalue weighted by Crippen LogP contribution is 2.29. The van der Waals surface area contributed by atoms with Gasteiger partial charge in [0.15, 0.2) is 0 Å². The fourth-order valence-electron chi connectivity index (χ4n) is 6.22. The van der Waals surface area contributed by atoms with Crippen LogP contribution >= 0.6 is 0 Å². The van der Waals surface area contributed by atoms with Crippen LogP contribution in [0, 0.1) is 11.6 Å². The van der Waals surface area contributed by atoms with Gasteiger partial charge in [0, 0.05) is 44.4 Å². The molecular weight excluding hydrogens is 668 g/mol. The van der Waals surface area contributed by atoms with Gasteiger partial charge in [-0.3, -0.25) is 9.69 Å². The van der Waals surface area contributed by atoms with Crippen LogP contribution in [0.5, 0.6) is 5.75 Å². The summed E-state index contributed by atoms with van der Waals surface area (Å²) in [7, 11) is 3.99. The second-order valence-electron chi connectivity index (χ2n) is 12.6. The molecule has 11 nitrogen and oxygen atoms in total. The first-order valence-electron chi connectivity index (χ1n) is 16.4. The molecule has 3 aromatic rings. The number of urea groups is 1. The lowest BCUT2D eigenvalue weighted by Crippen LogP contribution is -3.06. The van der Waals surface area contributed by atoms with Crippen LogP contribution in [0.1, 0.15) is 16.7 Å². The largest absolute Gasteiger partial charge is 1.00 e. The Bertz CT molecular complexity index is 1620. The number of nitrogens with zero attached hydrogens (tertiary/aromatic N) is 4. The molecule has 268 valence electrons. The number of benzene rings is 3. The van der Waals surface area contributed by atoms with Crippen LogP contribution in [-0.4, -0.2) is 103 Å². The number of amides is 4. The maximum absolute atomic E-state index is 14.8. The molecule has 3 aromatic carbocycles. The molecule has 3 N–H and O–H groups in total. The third kappa shape index (κ3) is 10.0. The van der Waals surface area contributed by atoms with Crippen molar-refractivity contribution in [2.45, 2.75) is 31.7 Å². The normalized spacial score (nSPS) is 17.9. The van der Waals surface area contributed by atoms with E-state index in [1.165, 1.54) is 17.0 Å². The number of ether oxygens (including phenoxy) is 1. The van der Waals surface area contributed by atoms with Crippen LogP contribution in [0.3, 0.4) is 0 Å². The highest BCUT2D eigenvalue weighted by molar-refractivity contribution is 5.83. The van der Waals surface area contributed by atoms with E-state index >= 15 is 0 Å². The first kappa shape index (κ1) is 38.2. The lowest BCUT2D eigenvalue weighted by Gasteiger charge is -2.55. The number of quaternary nitrogens is 1. The Hall–Kier alpha value is -4.56. The van der Waals surface area contributed by atoms with Gasteiger partial charge in [0.1, 0.15) is 23.5 Å². The molecule has 0 bridgehead atoms. The van der Waals surface area contributed by atoms with Gasteiger partial charge in [0.05, 0.1) is 39.8 Å². The summed E-state index contributed by atoms with van der Waals surface area (Å²) in [5.41, 5.74) is 2.11. The van der Waals surface area contributed by atoms with E-state index in [9.17, 15) is 23.2 Å². The number of carbonyl (C=O) groups excluding carboxylic acids is 3. The first-order chi connectivity index (χ1) is 23.6. The van der Waals surface area contributed by atoms with Crippen LogP contribution in [0.4, 0.5) is 18.4 Å². The minimum Gasteiger partial charge on any atom is -1.00 e. The average Bonchev–Trinajstić information content (AvgIpc) is 3.06. The van der Waals surface area contributed by atoms with Gasteiger partial charge in [-0.1, -0.05) is 54.6 Å². The zero-order chi connectivity index (χ0) is 34.9. The van der Waals surface area contributed by atoms with Gasteiger partial charge >= 0.3 is 12.1 Å². The minimum atomic E-state index is -0.713. The molecule has 14 heteroatoms. The number of hydrogen-bond acceptors (Lipinski definition) is 6. The van der Waals surface area contributed by atoms with Gasteiger partial charge in [-0.25, -0.2) is 28.4 Å². The van der Waals surface area contributed by atoms with Gasteiger partial charge in [-0.2, -0.15) is 0 Å². The summed E-state index contributed by atoms with van der Waals surface area (Å²) < 4.78 is 34.0. The molecule has 0 spiro atoms. The second kappa shape index (κ2) is 17.9. The lowest BCUT2D eigenvalue weighted by atomic mass is 9.99. The Balaban J connectivity index is 0.00000562. The molecule has 2 aliphatic rings. The molecule has 0 aliphatic carbocycles. The number of carbonyl (C=O) groups is 3. The van der Waals surface area contributed by atoms with Crippen LogP contribution in [0.15, 0.2) is 85.5 Å². The Kier molecular flexibility index (Phi) is 13.7. The molecule has 4 amide bonds. The molecule has 2 fully saturated rings. The molecular formula is C36H44ClF2N7O4. The number of hydrogen-bond donors (Lipinski definition) is 3. The summed E-state index contributed by atoms with van der Waals surface area (Å²) in [5, 5.41) is 8.96. The predicted molar refractivity (Wildman–Crippen MR) is 180 cm³/mol. The van der Waals surface area contributed by atoms with E-state index in [1.807, 2.05) is 61.5 Å². The van der Waals surface area contributed by atoms with E-state index in [-0.39, 0.29) is 57.1 Å². The third-order valence-electron chi connectivity index (χ3n) is 8.54. The number of likely N-dealkylation sites (N-methyl/N-ethyl adjacent to an activating group) is 1. The number of halogens is 3. The number of fused-ring (bicyclic) bond motifs is 1. The summed E-state index contributed by atoms with van der Waals surface area (Å²) in [6.07, 6.45) is 0.805. The number of hydrazine groups is 1. The monoisotopic (exact) mass is 711 g/mol. The third-order valence-corrected chi connectivity index (χ3v) is 8.54. The van der Waals surface area contributed by atoms with Crippen molar-refractivity contribution in [1.82, 2.24) is 30.5 Å². The molecule has 2 atom stereocenters. The fraction of sp³-hybridized carbons (Fsp3) is 0.361. The van der Waals surface area contributed by atoms with Crippen LogP contribution in [0.2, 0.25) is 0 Å². The number of piperazine rings is 1. The quantitative estimate of drug-likeness (QED) is 0.218. The smallest absolute Gasteiger partial charge is 0.412 e. The standard InChI is InChI=1S/C36H43F2N7O4.ClH/c1-4-17-43-25-34(46)44-30(19-26-10-14-31(15-11-26)49-36(48)39-16-18-41(2)3)23-42(22-28-12-13-29(37)20-32(28)38)24-33(44)45(43)35(47)40-21-27-8-6-5-7-9-27;/h4-15,20,30,33H,1,16-19,21-25H2,2-3H3,(H,39,48)(H,40,47);1H/t30-,33-;/m0./s1. The summed E-state index contributed by atoms with van der Waals surface area (Å²) in [6.45, 7) is 6.37. The van der Waals surface area contributed by atoms with Gasteiger partial charge in [-0.05, 0) is 35.7 Å². The van der Waals surface area contributed by atoms with E-state index in [0.29, 0.717) is 30.8 Å². The van der Waals surface area contributed by atoms with Crippen molar-refractivity contribution < 1.29 is 45.2 Å². The Morgan fingerprint density at radius 3 is 2.42 bits per heavy atom. The number of nitrogens with one attached hydrogen (secondary N) is 3. The van der Waals surface area contributed by atoms with Gasteiger partial charge < -0.3 is 37.6 Å². The molecule has 0 aromatic heterocycles. The molecule has 5 rings (SSSR count). The molecule has 2 heterocycles. The Labute approximate surface area is 297 Å². The molecule has 2 aliphatic heterocycles. The van der Waals surface area contributed by atoms with Crippen LogP contribution in [0.25, 0.3) is 0 Å². The van der Waals surface area contributed by atoms with Crippen molar-refractivity contribution in [3.05, 3.63) is 114 Å². The maximum Gasteiger partial charge on any atom is 0.412 e. The van der Waals surface area contributed by atoms with Crippen molar-refractivity contribution in [1.29, 1.82) is 0 Å². The molecule has 50 heavy (non-hydrogen) atoms. The number of rotatable bonds is 12. The zero-order valence-corrected chi connectivity index (χ0v) is 29.0. The summed E-state index contributed by atoms with van der Waals surface area (Å²) >= 11 is 0. The summed E-state index contributed by atoms with van der Waals surface area (Å²) in [5.74, 6) is -1.09. The van der Waals surface area contributed by atoms with Gasteiger partial charge in [0.25, 0.3) is 0 Å². The SMILES string of the molecule is C=CCN1CC(=O)N2[C@@H](Cc3ccc(OC(=O)NCC[NH+](C)C)cc3)CN(Cc3ccc(F)cc3F)C[C@@H]2N1C(=O)NCc1ccccc1.[Cl-]. The van der Waals surface area contributed by atoms with Crippen molar-refractivity contribution in [3.8, 4) is 5.75 Å². The molecule has 2 saturated heterocycles. The predicted octanol–water partition coefficient (Wildman–Crippen LogP) is -0.588. The first-order valence-corrected chi connectivity index (χ1v) is 16.4. The van der Waals surface area contributed by atoms with Gasteiger partial charge in [0.2, 0.25) is 5.91 Å². The molecule has 0 unspecified atom stereocenters. The van der Waals surface area contributed by atoms with E-state index in [0.717, 1.165) is 23.7 Å². The van der Waals surface area contributed by atoms with E-state index in [1.54, 1.807) is 33.1 Å². The molecule has 0 radical (unpaired) electrons. The van der Waals surface area contributed by atoms with Gasteiger partial charge in [-0.15, -0.1) is 6.58 Å². The van der Waals surface area contributed by atoms with E-state index in [2.05, 4.69) is 17.2 Å². The van der Waals surface area contributed by atoms with E-state index < -0.39 is 29.9 Å². The Morgan fingerprint density at radius 2 is 1.74 bits per heavy atom. The van der Waals surface area contributed by atoms with Crippen LogP contribution < -0.4 is 32.7 Å². The van der Waals surface area contributed by atoms with Crippen molar-refractivity contribution in [3.63, 3.8) is 0 Å². The van der Waals surface area contributed by atoms with Crippen molar-refractivity contribution in [2.75, 3.05) is 53.4 Å². The second-order valence-corrected chi connectivity index (χ2v) is 12.6. The minimum absolute atomic E-state index is 0. The zero-order valence-electron chi connectivity index (χ0n) is 28.3. The Morgan fingerprint density at radius 1 is 1.00 bits per heavy atom. The van der Waals surface area contributed by atoms with E-state index in [4.69, 9.17) is 4.74 Å². The average molecular weight is 712 g/mol. The highest BCUT2D eigenvalue weighted by Gasteiger charge is 2.48. The molecule has 0 saturated carbocycles. The van der Waals surface area contributed by atoms with Crippen molar-refractivity contribution in [2.24, 2.45) is 0 Å². The fourth-order valence-corrected chi connectivity index (χ4v) is 6.22. The highest BCUT2D eigenvalue weighted by atomic mass is 35.5. The lowest BCUT2D eigenvalue weighted by molar-refractivity contribution is -0.856. The summed E-state index contributed by atoms with van der Waals surface area (Å²) in [4.78, 5) is 44.9. The maximum atomic E-state index is 14.8. The van der Waals surface area contributed by atoms with Crippen LogP contribution in [-0.2, 0) is 24.3 Å².